The van der Waals surface area contributed by atoms with Crippen molar-refractivity contribution in [1.29, 1.82) is 5.26 Å². The third-order valence-electron chi connectivity index (χ3n) is 3.44. The lowest BCUT2D eigenvalue weighted by Crippen LogP contribution is -2.25. The third kappa shape index (κ3) is 2.30. The molecule has 1 aliphatic carbocycles. The smallest absolute Gasteiger partial charge is 0.145 e. The van der Waals surface area contributed by atoms with Gasteiger partial charge < -0.3 is 4.74 Å². The van der Waals surface area contributed by atoms with Crippen LogP contribution >= 0.6 is 0 Å². The molecular weight excluding hydrogens is 236 g/mol. The second-order valence-corrected chi connectivity index (χ2v) is 4.71. The molecule has 0 unspecified atom stereocenters. The summed E-state index contributed by atoms with van der Waals surface area (Å²) in [5, 5.41) is 9.25. The fraction of sp³-hybridized carbons (Fsp3) is 0.250. The van der Waals surface area contributed by atoms with E-state index in [1.165, 1.54) is 6.42 Å². The highest BCUT2D eigenvalue weighted by Gasteiger charge is 2.22. The van der Waals surface area contributed by atoms with E-state index in [1.807, 2.05) is 24.3 Å². The minimum absolute atomic E-state index is 0.255. The Morgan fingerprint density at radius 3 is 2.74 bits per heavy atom. The Kier molecular flexibility index (Phi) is 3.16. The van der Waals surface area contributed by atoms with Gasteiger partial charge in [0.05, 0.1) is 11.7 Å². The predicted octanol–water partition coefficient (Wildman–Crippen LogP) is 3.55. The number of ether oxygens (including phenoxy) is 1. The van der Waals surface area contributed by atoms with Gasteiger partial charge in [0.15, 0.2) is 0 Å². The zero-order valence-corrected chi connectivity index (χ0v) is 10.5. The molecular formula is C16H14N2O. The van der Waals surface area contributed by atoms with Crippen LogP contribution in [0.5, 0.6) is 5.75 Å². The molecule has 0 bridgehead atoms. The second-order valence-electron chi connectivity index (χ2n) is 4.71. The fourth-order valence-electron chi connectivity index (χ4n) is 2.16. The van der Waals surface area contributed by atoms with E-state index in [-0.39, 0.29) is 6.10 Å². The molecule has 3 heteroatoms. The van der Waals surface area contributed by atoms with Gasteiger partial charge in [-0.3, -0.25) is 4.98 Å². The molecule has 0 radical (unpaired) electrons. The van der Waals surface area contributed by atoms with E-state index in [0.717, 1.165) is 24.0 Å². The van der Waals surface area contributed by atoms with Crippen LogP contribution < -0.4 is 4.74 Å². The van der Waals surface area contributed by atoms with Crippen molar-refractivity contribution in [2.75, 3.05) is 0 Å². The average molecular weight is 250 g/mol. The maximum absolute atomic E-state index is 9.25. The van der Waals surface area contributed by atoms with Crippen molar-refractivity contribution >= 4 is 0 Å². The second kappa shape index (κ2) is 5.11. The zero-order valence-electron chi connectivity index (χ0n) is 10.5. The van der Waals surface area contributed by atoms with Crippen molar-refractivity contribution in [3.05, 3.63) is 48.3 Å². The predicted molar refractivity (Wildman–Crippen MR) is 72.7 cm³/mol. The van der Waals surface area contributed by atoms with E-state index < -0.39 is 0 Å². The Morgan fingerprint density at radius 1 is 1.21 bits per heavy atom. The number of hydrogen-bond donors (Lipinski definition) is 0. The highest BCUT2D eigenvalue weighted by molar-refractivity contribution is 5.73. The van der Waals surface area contributed by atoms with Crippen LogP contribution in [0.3, 0.4) is 0 Å². The lowest BCUT2D eigenvalue weighted by Gasteiger charge is -2.28. The van der Waals surface area contributed by atoms with Crippen molar-refractivity contribution in [3.63, 3.8) is 0 Å². The number of nitriles is 1. The van der Waals surface area contributed by atoms with E-state index in [2.05, 4.69) is 11.1 Å². The highest BCUT2D eigenvalue weighted by atomic mass is 16.5. The van der Waals surface area contributed by atoms with Crippen LogP contribution in [0.2, 0.25) is 0 Å². The van der Waals surface area contributed by atoms with Gasteiger partial charge in [-0.05, 0) is 31.4 Å². The van der Waals surface area contributed by atoms with E-state index >= 15 is 0 Å². The molecule has 0 aliphatic heterocycles. The van der Waals surface area contributed by atoms with Gasteiger partial charge in [0, 0.05) is 23.5 Å². The minimum atomic E-state index is 0.255. The normalized spacial score (nSPS) is 14.5. The number of hydrogen-bond acceptors (Lipinski definition) is 3. The van der Waals surface area contributed by atoms with Crippen LogP contribution in [0.4, 0.5) is 0 Å². The van der Waals surface area contributed by atoms with E-state index in [1.54, 1.807) is 18.5 Å². The van der Waals surface area contributed by atoms with Gasteiger partial charge in [0.2, 0.25) is 0 Å². The standard InChI is InChI=1S/C16H14N2O/c17-10-12-4-1-8-15(13-5-3-9-18-11-13)16(12)19-14-6-2-7-14/h1,3-5,8-9,11,14H,2,6-7H2. The summed E-state index contributed by atoms with van der Waals surface area (Å²) in [6, 6.07) is 11.7. The van der Waals surface area contributed by atoms with Crippen LogP contribution in [0, 0.1) is 11.3 Å². The maximum atomic E-state index is 9.25. The first-order valence-electron chi connectivity index (χ1n) is 6.48. The number of nitrogens with zero attached hydrogens (tertiary/aromatic N) is 2. The van der Waals surface area contributed by atoms with Crippen LogP contribution in [0.15, 0.2) is 42.7 Å². The first-order valence-corrected chi connectivity index (χ1v) is 6.48. The Balaban J connectivity index is 2.05. The van der Waals surface area contributed by atoms with Gasteiger partial charge in [-0.1, -0.05) is 18.2 Å². The van der Waals surface area contributed by atoms with Crippen molar-refractivity contribution < 1.29 is 4.74 Å². The molecule has 94 valence electrons. The summed E-state index contributed by atoms with van der Waals surface area (Å²) in [4.78, 5) is 4.13. The minimum Gasteiger partial charge on any atom is -0.488 e. The SMILES string of the molecule is N#Cc1cccc(-c2cccnc2)c1OC1CCC1. The molecule has 1 aromatic carbocycles. The van der Waals surface area contributed by atoms with Crippen molar-refractivity contribution in [1.82, 2.24) is 4.98 Å². The number of pyridine rings is 1. The topological polar surface area (TPSA) is 45.9 Å². The van der Waals surface area contributed by atoms with Gasteiger partial charge in [-0.2, -0.15) is 5.26 Å². The van der Waals surface area contributed by atoms with Gasteiger partial charge in [-0.25, -0.2) is 0 Å². The molecule has 1 aromatic heterocycles. The van der Waals surface area contributed by atoms with Crippen LogP contribution in [-0.2, 0) is 0 Å². The van der Waals surface area contributed by atoms with Crippen molar-refractivity contribution in [2.24, 2.45) is 0 Å². The Morgan fingerprint density at radius 2 is 2.11 bits per heavy atom. The Labute approximate surface area is 112 Å². The zero-order chi connectivity index (χ0) is 13.1. The lowest BCUT2D eigenvalue weighted by molar-refractivity contribution is 0.120. The fourth-order valence-corrected chi connectivity index (χ4v) is 2.16. The third-order valence-corrected chi connectivity index (χ3v) is 3.44. The molecule has 3 rings (SSSR count). The molecule has 0 N–H and O–H groups in total. The Hall–Kier alpha value is -2.34. The molecule has 1 saturated carbocycles. The molecule has 1 fully saturated rings. The average Bonchev–Trinajstić information content (AvgIpc) is 2.43. The summed E-state index contributed by atoms with van der Waals surface area (Å²) in [6.45, 7) is 0. The molecule has 19 heavy (non-hydrogen) atoms. The van der Waals surface area contributed by atoms with Crippen LogP contribution in [0.25, 0.3) is 11.1 Å². The summed E-state index contributed by atoms with van der Waals surface area (Å²) in [7, 11) is 0. The van der Waals surface area contributed by atoms with Crippen LogP contribution in [0.1, 0.15) is 24.8 Å². The van der Waals surface area contributed by atoms with Crippen LogP contribution in [-0.4, -0.2) is 11.1 Å². The Bertz CT molecular complexity index is 612. The molecule has 0 saturated heterocycles. The summed E-state index contributed by atoms with van der Waals surface area (Å²) < 4.78 is 6.01. The maximum Gasteiger partial charge on any atom is 0.145 e. The number of aromatic nitrogens is 1. The van der Waals surface area contributed by atoms with Gasteiger partial charge in [0.25, 0.3) is 0 Å². The van der Waals surface area contributed by atoms with E-state index in [0.29, 0.717) is 11.3 Å². The summed E-state index contributed by atoms with van der Waals surface area (Å²) in [5.41, 5.74) is 2.52. The molecule has 2 aromatic rings. The number of para-hydroxylation sites is 1. The summed E-state index contributed by atoms with van der Waals surface area (Å²) in [6.07, 6.45) is 7.15. The molecule has 0 spiro atoms. The monoisotopic (exact) mass is 250 g/mol. The molecule has 0 atom stereocenters. The van der Waals surface area contributed by atoms with Gasteiger partial charge in [0.1, 0.15) is 11.8 Å². The first-order chi connectivity index (χ1) is 9.38. The molecule has 1 aliphatic rings. The quantitative estimate of drug-likeness (QED) is 0.836. The molecule has 0 amide bonds. The molecule has 1 heterocycles. The molecule has 3 nitrogen and oxygen atoms in total. The summed E-state index contributed by atoms with van der Waals surface area (Å²) in [5.74, 6) is 0.697. The van der Waals surface area contributed by atoms with Gasteiger partial charge in [-0.15, -0.1) is 0 Å². The summed E-state index contributed by atoms with van der Waals surface area (Å²) >= 11 is 0. The van der Waals surface area contributed by atoms with Crippen molar-refractivity contribution in [3.8, 4) is 22.9 Å². The largest absolute Gasteiger partial charge is 0.488 e. The van der Waals surface area contributed by atoms with E-state index in [4.69, 9.17) is 4.74 Å². The van der Waals surface area contributed by atoms with Crippen molar-refractivity contribution in [2.45, 2.75) is 25.4 Å². The highest BCUT2D eigenvalue weighted by Crippen LogP contribution is 2.36. The first kappa shape index (κ1) is 11.7. The number of benzene rings is 1. The lowest BCUT2D eigenvalue weighted by atomic mass is 9.95. The van der Waals surface area contributed by atoms with Gasteiger partial charge >= 0.3 is 0 Å². The number of rotatable bonds is 3. The van der Waals surface area contributed by atoms with E-state index in [9.17, 15) is 5.26 Å².